The highest BCUT2D eigenvalue weighted by molar-refractivity contribution is 5.90. The molecule has 2 saturated heterocycles. The molecule has 0 radical (unpaired) electrons. The van der Waals surface area contributed by atoms with Crippen LogP contribution in [0.15, 0.2) is 236 Å². The van der Waals surface area contributed by atoms with E-state index >= 15 is 0 Å². The number of esters is 4. The van der Waals surface area contributed by atoms with Crippen molar-refractivity contribution in [3.05, 3.63) is 285 Å². The molecular weight excluding hydrogens is 1320 g/mol. The van der Waals surface area contributed by atoms with E-state index in [0.717, 1.165) is 16.7 Å². The van der Waals surface area contributed by atoms with E-state index in [0.29, 0.717) is 54.0 Å². The van der Waals surface area contributed by atoms with Gasteiger partial charge in [0.05, 0.1) is 43.4 Å². The highest BCUT2D eigenvalue weighted by atomic mass is 16.8. The smallest absolute Gasteiger partial charge is 0.410 e. The van der Waals surface area contributed by atoms with Crippen LogP contribution in [-0.2, 0) is 94.7 Å². The van der Waals surface area contributed by atoms with Gasteiger partial charge in [-0.1, -0.05) is 175 Å². The molecule has 8 aromatic carbocycles. The first-order valence-electron chi connectivity index (χ1n) is 34.0. The maximum Gasteiger partial charge on any atom is 0.410 e. The second-order valence-corrected chi connectivity index (χ2v) is 24.4. The van der Waals surface area contributed by atoms with E-state index in [1.807, 2.05) is 109 Å². The van der Waals surface area contributed by atoms with E-state index in [-0.39, 0.29) is 75.9 Å². The van der Waals surface area contributed by atoms with E-state index in [9.17, 15) is 34.3 Å². The number of carbonyl (C=O) groups excluding carboxylic acids is 6. The van der Waals surface area contributed by atoms with Crippen molar-refractivity contribution in [1.82, 2.24) is 4.90 Å². The van der Waals surface area contributed by atoms with Crippen LogP contribution in [0.25, 0.3) is 10.4 Å². The first-order valence-corrected chi connectivity index (χ1v) is 34.0. The van der Waals surface area contributed by atoms with Crippen LogP contribution in [0.1, 0.15) is 97.9 Å². The molecule has 2 heterocycles. The van der Waals surface area contributed by atoms with Gasteiger partial charge in [0.15, 0.2) is 24.8 Å². The summed E-state index contributed by atoms with van der Waals surface area (Å²) in [6.07, 6.45) is -12.3. The van der Waals surface area contributed by atoms with Crippen molar-refractivity contribution < 1.29 is 90.3 Å². The van der Waals surface area contributed by atoms with Crippen LogP contribution in [0.5, 0.6) is 11.5 Å². The Labute approximate surface area is 597 Å². The van der Waals surface area contributed by atoms with Crippen LogP contribution >= 0.6 is 0 Å². The fourth-order valence-corrected chi connectivity index (χ4v) is 11.5. The Hall–Kier alpha value is -10.8. The van der Waals surface area contributed by atoms with E-state index in [2.05, 4.69) is 10.0 Å². The second-order valence-electron chi connectivity index (χ2n) is 24.4. The zero-order valence-corrected chi connectivity index (χ0v) is 57.2. The monoisotopic (exact) mass is 1400 g/mol. The molecular formula is C80H82N4O19. The predicted molar refractivity (Wildman–Crippen MR) is 375 cm³/mol. The van der Waals surface area contributed by atoms with Crippen molar-refractivity contribution >= 4 is 35.8 Å². The highest BCUT2D eigenvalue weighted by Gasteiger charge is 2.56. The minimum absolute atomic E-state index is 0.00621. The zero-order chi connectivity index (χ0) is 72.0. The molecule has 536 valence electrons. The average Bonchev–Trinajstić information content (AvgIpc) is 0.767. The van der Waals surface area contributed by atoms with Gasteiger partial charge in [0.2, 0.25) is 0 Å². The average molecular weight is 1400 g/mol. The quantitative estimate of drug-likeness (QED) is 0.00881. The molecule has 1 amide bonds. The minimum atomic E-state index is -1.69. The van der Waals surface area contributed by atoms with Gasteiger partial charge in [0.25, 0.3) is 0 Å². The Morgan fingerprint density at radius 1 is 0.456 bits per heavy atom. The number of amides is 1. The SMILES string of the molecule is COc1ccc(OC[C@@H]2O[C@@H](OCCCCCN(Cc3ccccc3)C(=O)OCc3ccc(COC(=O)c4ccccc4)cc3)[C@H](OC(=O)c3ccccc3)[C@@H](OCc3ccccc3)[C@@H]2O[C@H]2O[C@H](COC(=O)c3ccccc3)[C@@H](OC(=O)CCC(C)=O)[C@H](OCc3ccccc3)[C@H]2N=[N+]=[N-])cc1. The number of benzene rings is 8. The zero-order valence-electron chi connectivity index (χ0n) is 57.2. The minimum Gasteiger partial charge on any atom is -0.497 e. The fourth-order valence-electron chi connectivity index (χ4n) is 11.5. The molecule has 8 aromatic rings. The maximum atomic E-state index is 14.6. The highest BCUT2D eigenvalue weighted by Crippen LogP contribution is 2.37. The molecule has 0 spiro atoms. The van der Waals surface area contributed by atoms with Gasteiger partial charge in [-0.05, 0) is 120 Å². The van der Waals surface area contributed by atoms with Crippen LogP contribution in [0, 0.1) is 0 Å². The number of hydrogen-bond acceptors (Lipinski definition) is 20. The third kappa shape index (κ3) is 22.9. The third-order valence-electron chi connectivity index (χ3n) is 16.9. The summed E-state index contributed by atoms with van der Waals surface area (Å²) in [7, 11) is 1.54. The molecule has 0 N–H and O–H groups in total. The number of unbranched alkanes of at least 4 members (excludes halogenated alkanes) is 2. The van der Waals surface area contributed by atoms with Crippen molar-refractivity contribution in [1.29, 1.82) is 0 Å². The van der Waals surface area contributed by atoms with Crippen LogP contribution in [0.3, 0.4) is 0 Å². The molecule has 23 nitrogen and oxygen atoms in total. The number of ketones is 1. The summed E-state index contributed by atoms with van der Waals surface area (Å²) in [5, 5.41) is 4.23. The predicted octanol–water partition coefficient (Wildman–Crippen LogP) is 13.5. The van der Waals surface area contributed by atoms with Gasteiger partial charge in [-0.3, -0.25) is 4.79 Å². The van der Waals surface area contributed by atoms with Crippen molar-refractivity contribution in [2.24, 2.45) is 5.11 Å². The topological polar surface area (TPSA) is 274 Å². The lowest BCUT2D eigenvalue weighted by molar-refractivity contribution is -0.351. The number of carbonyl (C=O) groups is 6. The van der Waals surface area contributed by atoms with Crippen molar-refractivity contribution in [3.63, 3.8) is 0 Å². The third-order valence-corrected chi connectivity index (χ3v) is 16.9. The first kappa shape index (κ1) is 74.9. The molecule has 2 fully saturated rings. The number of Topliss-reactive ketones (excluding diaryl/α,β-unsaturated/α-hetero) is 1. The molecule has 10 rings (SSSR count). The van der Waals surface area contributed by atoms with Crippen molar-refractivity contribution in [2.75, 3.05) is 33.5 Å². The lowest BCUT2D eigenvalue weighted by Gasteiger charge is -2.49. The molecule has 0 bridgehead atoms. The summed E-state index contributed by atoms with van der Waals surface area (Å²) in [4.78, 5) is 85.9. The lowest BCUT2D eigenvalue weighted by atomic mass is 9.95. The van der Waals surface area contributed by atoms with Crippen LogP contribution in [0.2, 0.25) is 0 Å². The van der Waals surface area contributed by atoms with E-state index < -0.39 is 97.9 Å². The van der Waals surface area contributed by atoms with E-state index in [4.69, 9.17) is 61.6 Å². The normalized spacial score (nSPS) is 19.8. The molecule has 0 aromatic heterocycles. The van der Waals surface area contributed by atoms with Gasteiger partial charge >= 0.3 is 30.0 Å². The summed E-state index contributed by atoms with van der Waals surface area (Å²) < 4.78 is 83.4. The van der Waals surface area contributed by atoms with Gasteiger partial charge in [-0.25, -0.2) is 19.2 Å². The number of methoxy groups -OCH3 is 1. The Bertz CT molecular complexity index is 3990. The Morgan fingerprint density at radius 3 is 1.51 bits per heavy atom. The summed E-state index contributed by atoms with van der Waals surface area (Å²) in [5.41, 5.74) is 15.2. The number of rotatable bonds is 36. The molecule has 103 heavy (non-hydrogen) atoms. The van der Waals surface area contributed by atoms with Crippen LogP contribution < -0.4 is 9.47 Å². The summed E-state index contributed by atoms with van der Waals surface area (Å²) in [6, 6.07) is 65.7. The molecule has 2 aliphatic rings. The van der Waals surface area contributed by atoms with Gasteiger partial charge in [0, 0.05) is 31.0 Å². The molecule has 2 aliphatic heterocycles. The lowest BCUT2D eigenvalue weighted by Crippen LogP contribution is -2.66. The molecule has 10 atom stereocenters. The molecule has 0 unspecified atom stereocenters. The second kappa shape index (κ2) is 39.5. The Balaban J connectivity index is 0.933. The van der Waals surface area contributed by atoms with Crippen molar-refractivity contribution in [2.45, 2.75) is 133 Å². The van der Waals surface area contributed by atoms with Gasteiger partial charge in [0.1, 0.15) is 80.3 Å². The van der Waals surface area contributed by atoms with E-state index in [1.165, 1.54) is 14.0 Å². The van der Waals surface area contributed by atoms with Crippen molar-refractivity contribution in [3.8, 4) is 11.5 Å². The van der Waals surface area contributed by atoms with Crippen LogP contribution in [0.4, 0.5) is 4.79 Å². The molecule has 0 aliphatic carbocycles. The Morgan fingerprint density at radius 2 is 0.951 bits per heavy atom. The number of azide groups is 1. The molecule has 23 heteroatoms. The Kier molecular flexibility index (Phi) is 28.7. The summed E-state index contributed by atoms with van der Waals surface area (Å²) >= 11 is 0. The number of hydrogen-bond donors (Lipinski definition) is 0. The summed E-state index contributed by atoms with van der Waals surface area (Å²) in [5.74, 6) is -2.08. The molecule has 0 saturated carbocycles. The van der Waals surface area contributed by atoms with E-state index in [1.54, 1.807) is 126 Å². The number of ether oxygens (including phenoxy) is 13. The standard InChI is InChI=1S/C80H82N4O19/c1-55(85)36-45-68(86)101-70-67(54-97-76(88)62-32-18-7-19-33-62)99-78(69(82-83-81)72(70)94-49-57-26-12-4-13-27-57)103-71-66(53-93-65-43-41-64(91-2)42-44-65)100-79(74(102-77(89)63-34-20-8-21-35-63)73(71)95-50-58-28-14-5-15-29-58)92-47-23-9-22-46-84(48-56-24-10-3-11-25-56)80(90)98-52-60-39-37-59(38-40-60)51-96-75(87)61-30-16-6-17-31-61/h3-8,10-21,24-35,37-44,66-67,69-74,78-79H,9,22-23,36,45-54H2,1-2H3/t66-,67+,69+,70+,71+,72+,73-,74+,78+,79+/m0/s1. The number of nitrogens with zero attached hydrogens (tertiary/aromatic N) is 4. The van der Waals surface area contributed by atoms with Crippen LogP contribution in [-0.4, -0.2) is 135 Å². The summed E-state index contributed by atoms with van der Waals surface area (Å²) in [6.45, 7) is 0.973. The fraction of sp³-hybridized carbons (Fsp3) is 0.325. The van der Waals surface area contributed by atoms with Gasteiger partial charge < -0.3 is 71.3 Å². The van der Waals surface area contributed by atoms with Gasteiger partial charge in [-0.15, -0.1) is 0 Å². The first-order chi connectivity index (χ1) is 50.4. The maximum absolute atomic E-state index is 14.6. The van der Waals surface area contributed by atoms with Gasteiger partial charge in [-0.2, -0.15) is 0 Å². The largest absolute Gasteiger partial charge is 0.497 e.